The van der Waals surface area contributed by atoms with Crippen LogP contribution in [0, 0.1) is 0 Å². The SMILES string of the molecule is CCc1nc(NN)cc(N(C)Cc2cscn2)n1. The highest BCUT2D eigenvalue weighted by Crippen LogP contribution is 2.16. The number of rotatable bonds is 5. The van der Waals surface area contributed by atoms with Gasteiger partial charge in [-0.25, -0.2) is 20.8 Å². The lowest BCUT2D eigenvalue weighted by Gasteiger charge is -2.18. The van der Waals surface area contributed by atoms with E-state index in [9.17, 15) is 0 Å². The van der Waals surface area contributed by atoms with E-state index in [4.69, 9.17) is 5.84 Å². The number of thiazole rings is 1. The van der Waals surface area contributed by atoms with Crippen LogP contribution in [-0.4, -0.2) is 22.0 Å². The Hall–Kier alpha value is -1.73. The number of nitrogen functional groups attached to an aromatic ring is 1. The molecule has 0 radical (unpaired) electrons. The fourth-order valence-corrected chi connectivity index (χ4v) is 2.10. The van der Waals surface area contributed by atoms with Crippen LogP contribution in [0.2, 0.25) is 0 Å². The van der Waals surface area contributed by atoms with Crippen molar-refractivity contribution in [2.75, 3.05) is 17.4 Å². The normalized spacial score (nSPS) is 10.4. The number of hydrogen-bond acceptors (Lipinski definition) is 7. The van der Waals surface area contributed by atoms with E-state index in [1.165, 1.54) is 0 Å². The van der Waals surface area contributed by atoms with Gasteiger partial charge in [-0.05, 0) is 0 Å². The average molecular weight is 264 g/mol. The van der Waals surface area contributed by atoms with Gasteiger partial charge in [-0.1, -0.05) is 6.92 Å². The minimum absolute atomic E-state index is 0.627. The summed E-state index contributed by atoms with van der Waals surface area (Å²) in [6.45, 7) is 2.73. The second-order valence-corrected chi connectivity index (χ2v) is 4.58. The molecule has 0 fully saturated rings. The summed E-state index contributed by atoms with van der Waals surface area (Å²) in [5.74, 6) is 7.64. The summed E-state index contributed by atoms with van der Waals surface area (Å²) in [5.41, 5.74) is 5.42. The molecule has 0 saturated heterocycles. The van der Waals surface area contributed by atoms with E-state index in [-0.39, 0.29) is 0 Å². The number of hydrogen-bond donors (Lipinski definition) is 2. The van der Waals surface area contributed by atoms with Crippen molar-refractivity contribution in [2.45, 2.75) is 19.9 Å². The summed E-state index contributed by atoms with van der Waals surface area (Å²) >= 11 is 1.59. The van der Waals surface area contributed by atoms with E-state index in [2.05, 4.69) is 20.4 Å². The van der Waals surface area contributed by atoms with Gasteiger partial charge in [0.25, 0.3) is 0 Å². The highest BCUT2D eigenvalue weighted by Gasteiger charge is 2.08. The second kappa shape index (κ2) is 5.74. The van der Waals surface area contributed by atoms with Gasteiger partial charge in [0.15, 0.2) is 0 Å². The van der Waals surface area contributed by atoms with Crippen LogP contribution in [0.25, 0.3) is 0 Å². The molecule has 0 aliphatic rings. The Kier molecular flexibility index (Phi) is 4.06. The molecule has 0 aromatic carbocycles. The predicted molar refractivity (Wildman–Crippen MR) is 73.4 cm³/mol. The minimum atomic E-state index is 0.627. The summed E-state index contributed by atoms with van der Waals surface area (Å²) in [4.78, 5) is 15.0. The molecular weight excluding hydrogens is 248 g/mol. The monoisotopic (exact) mass is 264 g/mol. The van der Waals surface area contributed by atoms with Gasteiger partial charge in [-0.3, -0.25) is 0 Å². The molecule has 7 heteroatoms. The Balaban J connectivity index is 2.20. The Morgan fingerprint density at radius 1 is 1.44 bits per heavy atom. The van der Waals surface area contributed by atoms with E-state index >= 15 is 0 Å². The molecule has 0 aliphatic heterocycles. The van der Waals surface area contributed by atoms with E-state index in [0.717, 1.165) is 23.8 Å². The molecule has 3 N–H and O–H groups in total. The van der Waals surface area contributed by atoms with Crippen LogP contribution in [0.1, 0.15) is 18.4 Å². The van der Waals surface area contributed by atoms with Gasteiger partial charge in [-0.2, -0.15) is 0 Å². The van der Waals surface area contributed by atoms with Crippen molar-refractivity contribution in [3.05, 3.63) is 28.5 Å². The van der Waals surface area contributed by atoms with Crippen LogP contribution < -0.4 is 16.2 Å². The summed E-state index contributed by atoms with van der Waals surface area (Å²) in [6, 6.07) is 1.82. The zero-order valence-corrected chi connectivity index (χ0v) is 11.2. The quantitative estimate of drug-likeness (QED) is 0.628. The zero-order valence-electron chi connectivity index (χ0n) is 10.4. The van der Waals surface area contributed by atoms with Crippen molar-refractivity contribution in [1.29, 1.82) is 0 Å². The number of nitrogens with two attached hydrogens (primary N) is 1. The molecule has 0 atom stereocenters. The molecule has 96 valence electrons. The highest BCUT2D eigenvalue weighted by atomic mass is 32.1. The van der Waals surface area contributed by atoms with Crippen molar-refractivity contribution >= 4 is 23.0 Å². The molecule has 0 unspecified atom stereocenters. The summed E-state index contributed by atoms with van der Waals surface area (Å²) in [5, 5.41) is 2.03. The topological polar surface area (TPSA) is 80.0 Å². The third-order valence-electron chi connectivity index (χ3n) is 2.50. The fraction of sp³-hybridized carbons (Fsp3) is 0.364. The summed E-state index contributed by atoms with van der Waals surface area (Å²) < 4.78 is 0. The summed E-state index contributed by atoms with van der Waals surface area (Å²) in [7, 11) is 1.97. The molecule has 0 aliphatic carbocycles. The van der Waals surface area contributed by atoms with E-state index in [1.54, 1.807) is 11.3 Å². The van der Waals surface area contributed by atoms with Gasteiger partial charge in [0.05, 0.1) is 17.7 Å². The van der Waals surface area contributed by atoms with E-state index < -0.39 is 0 Å². The molecule has 2 aromatic heterocycles. The first-order valence-corrected chi connectivity index (χ1v) is 6.60. The second-order valence-electron chi connectivity index (χ2n) is 3.86. The molecule has 2 aromatic rings. The molecule has 18 heavy (non-hydrogen) atoms. The molecule has 0 bridgehead atoms. The highest BCUT2D eigenvalue weighted by molar-refractivity contribution is 7.07. The number of nitrogens with one attached hydrogen (secondary N) is 1. The molecule has 2 rings (SSSR count). The maximum atomic E-state index is 5.41. The lowest BCUT2D eigenvalue weighted by Crippen LogP contribution is -2.20. The number of aryl methyl sites for hydroxylation is 1. The molecule has 2 heterocycles. The van der Waals surface area contributed by atoms with Crippen molar-refractivity contribution in [3.63, 3.8) is 0 Å². The van der Waals surface area contributed by atoms with Crippen molar-refractivity contribution in [1.82, 2.24) is 15.0 Å². The number of nitrogens with zero attached hydrogens (tertiary/aromatic N) is 4. The van der Waals surface area contributed by atoms with Crippen molar-refractivity contribution < 1.29 is 0 Å². The largest absolute Gasteiger partial charge is 0.354 e. The van der Waals surface area contributed by atoms with Crippen LogP contribution in [-0.2, 0) is 13.0 Å². The molecule has 0 saturated carbocycles. The van der Waals surface area contributed by atoms with Gasteiger partial charge >= 0.3 is 0 Å². The van der Waals surface area contributed by atoms with Crippen LogP contribution >= 0.6 is 11.3 Å². The maximum absolute atomic E-state index is 5.41. The zero-order chi connectivity index (χ0) is 13.0. The fourth-order valence-electron chi connectivity index (χ4n) is 1.55. The number of aromatic nitrogens is 3. The Labute approximate surface area is 110 Å². The van der Waals surface area contributed by atoms with Gasteiger partial charge in [0.1, 0.15) is 17.5 Å². The van der Waals surface area contributed by atoms with Crippen LogP contribution in [0.4, 0.5) is 11.6 Å². The minimum Gasteiger partial charge on any atom is -0.354 e. The average Bonchev–Trinajstić information content (AvgIpc) is 2.90. The van der Waals surface area contributed by atoms with Gasteiger partial charge < -0.3 is 10.3 Å². The number of hydrazine groups is 1. The van der Waals surface area contributed by atoms with E-state index in [1.807, 2.05) is 35.8 Å². The first kappa shape index (κ1) is 12.7. The molecular formula is C11H16N6S. The first-order chi connectivity index (χ1) is 8.72. The predicted octanol–water partition coefficient (Wildman–Crippen LogP) is 1.42. The maximum Gasteiger partial charge on any atom is 0.145 e. The van der Waals surface area contributed by atoms with Crippen LogP contribution in [0.5, 0.6) is 0 Å². The Morgan fingerprint density at radius 3 is 2.89 bits per heavy atom. The Morgan fingerprint density at radius 2 is 2.28 bits per heavy atom. The van der Waals surface area contributed by atoms with Gasteiger partial charge in [0.2, 0.25) is 0 Å². The van der Waals surface area contributed by atoms with E-state index in [0.29, 0.717) is 12.4 Å². The third kappa shape index (κ3) is 2.93. The lowest BCUT2D eigenvalue weighted by molar-refractivity contribution is 0.845. The van der Waals surface area contributed by atoms with Gasteiger partial charge in [0, 0.05) is 24.9 Å². The Bertz CT molecular complexity index is 476. The first-order valence-electron chi connectivity index (χ1n) is 5.65. The van der Waals surface area contributed by atoms with Gasteiger partial charge in [-0.15, -0.1) is 11.3 Å². The molecule has 0 amide bonds. The standard InChI is InChI=1S/C11H16N6S/c1-3-9-14-10(16-12)4-11(15-9)17(2)5-8-6-18-7-13-8/h4,6-7H,3,5,12H2,1-2H3,(H,14,15,16). The van der Waals surface area contributed by atoms with Crippen LogP contribution in [0.15, 0.2) is 17.0 Å². The molecule has 0 spiro atoms. The summed E-state index contributed by atoms with van der Waals surface area (Å²) in [6.07, 6.45) is 0.771. The van der Waals surface area contributed by atoms with Crippen molar-refractivity contribution in [3.8, 4) is 0 Å². The molecule has 6 nitrogen and oxygen atoms in total. The van der Waals surface area contributed by atoms with Crippen molar-refractivity contribution in [2.24, 2.45) is 5.84 Å². The number of anilines is 2. The lowest BCUT2D eigenvalue weighted by atomic mass is 10.4. The third-order valence-corrected chi connectivity index (χ3v) is 3.13. The smallest absolute Gasteiger partial charge is 0.145 e. The van der Waals surface area contributed by atoms with Crippen LogP contribution in [0.3, 0.4) is 0 Å².